The SMILES string of the molecule is COC(=O)[C@H]1CCCCC[C@@H]1NC(=O)c1ccncc1F. The van der Waals surface area contributed by atoms with Crippen molar-refractivity contribution in [2.75, 3.05) is 7.11 Å². The van der Waals surface area contributed by atoms with E-state index in [1.165, 1.54) is 19.4 Å². The molecule has 0 saturated heterocycles. The molecule has 1 fully saturated rings. The molecule has 114 valence electrons. The first kappa shape index (κ1) is 15.4. The number of pyridine rings is 1. The van der Waals surface area contributed by atoms with Crippen molar-refractivity contribution in [3.8, 4) is 0 Å². The largest absolute Gasteiger partial charge is 0.469 e. The molecule has 1 heterocycles. The number of carbonyl (C=O) groups is 2. The topological polar surface area (TPSA) is 68.3 Å². The molecule has 21 heavy (non-hydrogen) atoms. The lowest BCUT2D eigenvalue weighted by Crippen LogP contribution is -2.43. The van der Waals surface area contributed by atoms with Crippen molar-refractivity contribution in [1.29, 1.82) is 0 Å². The molecule has 1 aliphatic carbocycles. The molecular weight excluding hydrogens is 275 g/mol. The average Bonchev–Trinajstić information content (AvgIpc) is 2.72. The smallest absolute Gasteiger partial charge is 0.310 e. The zero-order valence-electron chi connectivity index (χ0n) is 12.0. The van der Waals surface area contributed by atoms with Gasteiger partial charge >= 0.3 is 5.97 Å². The molecule has 1 aromatic heterocycles. The summed E-state index contributed by atoms with van der Waals surface area (Å²) in [5.41, 5.74) is -0.0575. The molecular formula is C15H19FN2O3. The van der Waals surface area contributed by atoms with E-state index in [9.17, 15) is 14.0 Å². The van der Waals surface area contributed by atoms with Crippen LogP contribution in [-0.4, -0.2) is 30.0 Å². The maximum Gasteiger partial charge on any atom is 0.310 e. The van der Waals surface area contributed by atoms with Gasteiger partial charge in [0.25, 0.3) is 5.91 Å². The zero-order chi connectivity index (χ0) is 15.2. The highest BCUT2D eigenvalue weighted by molar-refractivity contribution is 5.94. The van der Waals surface area contributed by atoms with Crippen LogP contribution in [0.1, 0.15) is 42.5 Å². The fourth-order valence-electron chi connectivity index (χ4n) is 2.72. The fourth-order valence-corrected chi connectivity index (χ4v) is 2.72. The van der Waals surface area contributed by atoms with E-state index in [4.69, 9.17) is 4.74 Å². The Morgan fingerprint density at radius 3 is 2.81 bits per heavy atom. The highest BCUT2D eigenvalue weighted by atomic mass is 19.1. The van der Waals surface area contributed by atoms with Crippen molar-refractivity contribution in [3.05, 3.63) is 29.8 Å². The Hall–Kier alpha value is -1.98. The van der Waals surface area contributed by atoms with Crippen LogP contribution in [0.5, 0.6) is 0 Å². The lowest BCUT2D eigenvalue weighted by Gasteiger charge is -2.24. The molecule has 0 aromatic carbocycles. The van der Waals surface area contributed by atoms with E-state index in [1.807, 2.05) is 0 Å². The van der Waals surface area contributed by atoms with Gasteiger partial charge in [-0.05, 0) is 18.9 Å². The summed E-state index contributed by atoms with van der Waals surface area (Å²) in [6, 6.07) is 1.01. The Bertz CT molecular complexity index is 521. The van der Waals surface area contributed by atoms with Crippen LogP contribution >= 0.6 is 0 Å². The zero-order valence-corrected chi connectivity index (χ0v) is 12.0. The van der Waals surface area contributed by atoms with Crippen LogP contribution in [0.15, 0.2) is 18.5 Å². The number of methoxy groups -OCH3 is 1. The molecule has 0 spiro atoms. The van der Waals surface area contributed by atoms with Gasteiger partial charge in [0, 0.05) is 12.2 Å². The van der Waals surface area contributed by atoms with E-state index >= 15 is 0 Å². The molecule has 6 heteroatoms. The van der Waals surface area contributed by atoms with Crippen LogP contribution in [0.4, 0.5) is 4.39 Å². The third-order valence-corrected chi connectivity index (χ3v) is 3.85. The minimum atomic E-state index is -0.668. The standard InChI is InChI=1S/C15H19FN2O3/c1-21-15(20)11-5-3-2-4-6-13(11)18-14(19)10-7-8-17-9-12(10)16/h7-9,11,13H,2-6H2,1H3,(H,18,19)/t11-,13-/m0/s1. The summed E-state index contributed by atoms with van der Waals surface area (Å²) < 4.78 is 18.4. The highest BCUT2D eigenvalue weighted by Gasteiger charge is 2.32. The Labute approximate surface area is 122 Å². The van der Waals surface area contributed by atoms with E-state index in [-0.39, 0.29) is 23.5 Å². The van der Waals surface area contributed by atoms with Gasteiger partial charge in [0.1, 0.15) is 0 Å². The van der Waals surface area contributed by atoms with Crippen molar-refractivity contribution in [2.24, 2.45) is 5.92 Å². The van der Waals surface area contributed by atoms with Gasteiger partial charge in [0.05, 0.1) is 24.8 Å². The number of nitrogens with zero attached hydrogens (tertiary/aromatic N) is 1. The lowest BCUT2D eigenvalue weighted by atomic mass is 9.94. The Morgan fingerprint density at radius 1 is 1.33 bits per heavy atom. The van der Waals surface area contributed by atoms with E-state index in [0.717, 1.165) is 25.5 Å². The number of amides is 1. The van der Waals surface area contributed by atoms with E-state index in [0.29, 0.717) is 12.8 Å². The Morgan fingerprint density at radius 2 is 2.10 bits per heavy atom. The molecule has 0 bridgehead atoms. The number of hydrogen-bond donors (Lipinski definition) is 1. The summed E-state index contributed by atoms with van der Waals surface area (Å²) in [5.74, 6) is -1.88. The third-order valence-electron chi connectivity index (χ3n) is 3.85. The molecule has 2 rings (SSSR count). The molecule has 0 aliphatic heterocycles. The molecule has 1 amide bonds. The van der Waals surface area contributed by atoms with Crippen LogP contribution in [0, 0.1) is 11.7 Å². The van der Waals surface area contributed by atoms with E-state index in [2.05, 4.69) is 10.3 Å². The number of esters is 1. The maximum absolute atomic E-state index is 13.6. The predicted octanol–water partition coefficient (Wildman–Crippen LogP) is 2.07. The quantitative estimate of drug-likeness (QED) is 0.684. The first-order valence-corrected chi connectivity index (χ1v) is 7.11. The summed E-state index contributed by atoms with van der Waals surface area (Å²) in [6.45, 7) is 0. The molecule has 2 atom stereocenters. The lowest BCUT2D eigenvalue weighted by molar-refractivity contribution is -0.146. The summed E-state index contributed by atoms with van der Waals surface area (Å²) in [7, 11) is 1.34. The van der Waals surface area contributed by atoms with Crippen molar-refractivity contribution < 1.29 is 18.7 Å². The van der Waals surface area contributed by atoms with Crippen molar-refractivity contribution in [1.82, 2.24) is 10.3 Å². The van der Waals surface area contributed by atoms with E-state index in [1.54, 1.807) is 0 Å². The summed E-state index contributed by atoms with van der Waals surface area (Å²) in [6.07, 6.45) is 6.60. The molecule has 1 N–H and O–H groups in total. The number of aromatic nitrogens is 1. The molecule has 0 unspecified atom stereocenters. The number of nitrogens with one attached hydrogen (secondary N) is 1. The second kappa shape index (κ2) is 7.15. The minimum Gasteiger partial charge on any atom is -0.469 e. The van der Waals surface area contributed by atoms with Gasteiger partial charge < -0.3 is 10.1 Å². The second-order valence-corrected chi connectivity index (χ2v) is 5.20. The van der Waals surface area contributed by atoms with Gasteiger partial charge in [-0.2, -0.15) is 0 Å². The molecule has 1 aliphatic rings. The number of carbonyl (C=O) groups excluding carboxylic acids is 2. The first-order valence-electron chi connectivity index (χ1n) is 7.11. The van der Waals surface area contributed by atoms with Crippen LogP contribution in [0.2, 0.25) is 0 Å². The van der Waals surface area contributed by atoms with Gasteiger partial charge in [-0.15, -0.1) is 0 Å². The number of halogens is 1. The summed E-state index contributed by atoms with van der Waals surface area (Å²) in [5, 5.41) is 2.77. The Balaban J connectivity index is 2.12. The fraction of sp³-hybridized carbons (Fsp3) is 0.533. The normalized spacial score (nSPS) is 22.2. The van der Waals surface area contributed by atoms with Crippen LogP contribution in [0.25, 0.3) is 0 Å². The summed E-state index contributed by atoms with van der Waals surface area (Å²) in [4.78, 5) is 27.6. The van der Waals surface area contributed by atoms with Gasteiger partial charge in [0.2, 0.25) is 0 Å². The molecule has 0 radical (unpaired) electrons. The predicted molar refractivity (Wildman–Crippen MR) is 74.0 cm³/mol. The third kappa shape index (κ3) is 3.77. The molecule has 1 saturated carbocycles. The van der Waals surface area contributed by atoms with Crippen LogP contribution in [0.3, 0.4) is 0 Å². The first-order chi connectivity index (χ1) is 10.1. The molecule has 1 aromatic rings. The monoisotopic (exact) mass is 294 g/mol. The van der Waals surface area contributed by atoms with Gasteiger partial charge in [-0.25, -0.2) is 4.39 Å². The van der Waals surface area contributed by atoms with Gasteiger partial charge in [-0.1, -0.05) is 19.3 Å². The number of hydrogen-bond acceptors (Lipinski definition) is 4. The van der Waals surface area contributed by atoms with E-state index < -0.39 is 11.7 Å². The van der Waals surface area contributed by atoms with Gasteiger partial charge in [-0.3, -0.25) is 14.6 Å². The maximum atomic E-state index is 13.6. The van der Waals surface area contributed by atoms with Gasteiger partial charge in [0.15, 0.2) is 5.82 Å². The summed E-state index contributed by atoms with van der Waals surface area (Å²) >= 11 is 0. The van der Waals surface area contributed by atoms with Crippen molar-refractivity contribution in [3.63, 3.8) is 0 Å². The highest BCUT2D eigenvalue weighted by Crippen LogP contribution is 2.25. The minimum absolute atomic E-state index is 0.0575. The average molecular weight is 294 g/mol. The number of ether oxygens (including phenoxy) is 1. The molecule has 5 nitrogen and oxygen atoms in total. The van der Waals surface area contributed by atoms with Crippen molar-refractivity contribution in [2.45, 2.75) is 38.1 Å². The Kier molecular flexibility index (Phi) is 5.25. The van der Waals surface area contributed by atoms with Crippen LogP contribution in [-0.2, 0) is 9.53 Å². The second-order valence-electron chi connectivity index (χ2n) is 5.20. The van der Waals surface area contributed by atoms with Crippen LogP contribution < -0.4 is 5.32 Å². The number of rotatable bonds is 3. The van der Waals surface area contributed by atoms with Crippen molar-refractivity contribution >= 4 is 11.9 Å².